The largest absolute Gasteiger partial charge is 0.337 e. The molecule has 2 heterocycles. The van der Waals surface area contributed by atoms with Crippen LogP contribution in [0.2, 0.25) is 0 Å². The number of likely N-dealkylation sites (tertiary alicyclic amines) is 1. The highest BCUT2D eigenvalue weighted by Crippen LogP contribution is 2.48. The molecule has 1 saturated heterocycles. The molecule has 0 atom stereocenters. The van der Waals surface area contributed by atoms with Gasteiger partial charge in [-0.05, 0) is 36.2 Å². The van der Waals surface area contributed by atoms with Gasteiger partial charge in [-0.15, -0.1) is 5.10 Å². The first-order chi connectivity index (χ1) is 9.99. The molecule has 0 unspecified atom stereocenters. The summed E-state index contributed by atoms with van der Waals surface area (Å²) in [6.07, 6.45) is 2.90. The van der Waals surface area contributed by atoms with Gasteiger partial charge >= 0.3 is 6.03 Å². The molecular weight excluding hydrogens is 290 g/mol. The fourth-order valence-electron chi connectivity index (χ4n) is 3.25. The van der Waals surface area contributed by atoms with Gasteiger partial charge in [-0.25, -0.2) is 4.79 Å². The second kappa shape index (κ2) is 5.25. The Morgan fingerprint density at radius 2 is 2.24 bits per heavy atom. The number of nitrogens with zero attached hydrogens (tertiary/aromatic N) is 4. The second-order valence-electron chi connectivity index (χ2n) is 6.22. The topological polar surface area (TPSA) is 78.4 Å². The van der Waals surface area contributed by atoms with Gasteiger partial charge < -0.3 is 15.1 Å². The van der Waals surface area contributed by atoms with Crippen LogP contribution in [0, 0.1) is 5.41 Å². The molecule has 8 heteroatoms. The van der Waals surface area contributed by atoms with Crippen molar-refractivity contribution < 1.29 is 9.59 Å². The van der Waals surface area contributed by atoms with E-state index in [1.54, 1.807) is 24.4 Å². The minimum absolute atomic E-state index is 0.0265. The van der Waals surface area contributed by atoms with E-state index in [-0.39, 0.29) is 23.4 Å². The molecule has 21 heavy (non-hydrogen) atoms. The normalized spacial score (nSPS) is 27.5. The van der Waals surface area contributed by atoms with Gasteiger partial charge in [0.05, 0.1) is 0 Å². The van der Waals surface area contributed by atoms with E-state index in [0.29, 0.717) is 5.69 Å². The average Bonchev–Trinajstić information content (AvgIpc) is 3.06. The summed E-state index contributed by atoms with van der Waals surface area (Å²) in [5.41, 5.74) is 0.623. The van der Waals surface area contributed by atoms with E-state index in [4.69, 9.17) is 0 Å². The van der Waals surface area contributed by atoms with Crippen LogP contribution in [0.15, 0.2) is 5.38 Å². The maximum absolute atomic E-state index is 12.2. The highest BCUT2D eigenvalue weighted by atomic mass is 32.1. The van der Waals surface area contributed by atoms with Crippen LogP contribution in [0.5, 0.6) is 0 Å². The van der Waals surface area contributed by atoms with Gasteiger partial charge in [-0.1, -0.05) is 4.49 Å². The first-order valence-corrected chi connectivity index (χ1v) is 7.87. The van der Waals surface area contributed by atoms with Crippen molar-refractivity contribution in [3.8, 4) is 0 Å². The fourth-order valence-corrected chi connectivity index (χ4v) is 3.68. The number of carbonyl (C=O) groups is 2. The summed E-state index contributed by atoms with van der Waals surface area (Å²) >= 11 is 1.20. The number of urea groups is 1. The van der Waals surface area contributed by atoms with E-state index in [0.717, 1.165) is 32.4 Å². The predicted molar refractivity (Wildman–Crippen MR) is 78.1 cm³/mol. The van der Waals surface area contributed by atoms with E-state index in [9.17, 15) is 9.59 Å². The monoisotopic (exact) mass is 309 g/mol. The highest BCUT2D eigenvalue weighted by molar-refractivity contribution is 7.03. The molecule has 1 N–H and O–H groups in total. The summed E-state index contributed by atoms with van der Waals surface area (Å²) < 4.78 is 3.74. The van der Waals surface area contributed by atoms with Crippen LogP contribution >= 0.6 is 11.5 Å². The fraction of sp³-hybridized carbons (Fsp3) is 0.692. The number of carbonyl (C=O) groups excluding carboxylic acids is 2. The number of rotatable bonds is 2. The van der Waals surface area contributed by atoms with Gasteiger partial charge in [-0.3, -0.25) is 4.79 Å². The van der Waals surface area contributed by atoms with Crippen molar-refractivity contribution >= 4 is 23.5 Å². The first kappa shape index (κ1) is 14.2. The zero-order valence-electron chi connectivity index (χ0n) is 12.2. The molecule has 7 nitrogen and oxygen atoms in total. The van der Waals surface area contributed by atoms with Gasteiger partial charge in [0, 0.05) is 38.6 Å². The maximum atomic E-state index is 12.2. The van der Waals surface area contributed by atoms with E-state index >= 15 is 0 Å². The summed E-state index contributed by atoms with van der Waals surface area (Å²) in [7, 11) is 3.48. The number of aromatic nitrogens is 2. The standard InChI is InChI=1S/C13H19N5O2S/c1-17(2)12(20)14-9-5-13(6-9)3-4-18(8-13)11(19)10-7-21-16-15-10/h7,9H,3-6,8H2,1-2H3,(H,14,20). The van der Waals surface area contributed by atoms with Crippen molar-refractivity contribution in [3.63, 3.8) is 0 Å². The third-order valence-electron chi connectivity index (χ3n) is 4.40. The molecule has 0 bridgehead atoms. The Balaban J connectivity index is 1.52. The molecule has 1 aliphatic heterocycles. The Kier molecular flexibility index (Phi) is 3.56. The van der Waals surface area contributed by atoms with Crippen molar-refractivity contribution in [2.75, 3.05) is 27.2 Å². The minimum atomic E-state index is -0.0469. The van der Waals surface area contributed by atoms with Crippen LogP contribution in [-0.4, -0.2) is 64.6 Å². The SMILES string of the molecule is CN(C)C(=O)NC1CC2(CCN(C(=O)c3csnn3)C2)C1. The van der Waals surface area contributed by atoms with Crippen LogP contribution in [0.1, 0.15) is 29.8 Å². The van der Waals surface area contributed by atoms with Crippen molar-refractivity contribution in [2.24, 2.45) is 5.41 Å². The molecule has 2 fully saturated rings. The number of nitrogens with one attached hydrogen (secondary N) is 1. The number of hydrogen-bond donors (Lipinski definition) is 1. The van der Waals surface area contributed by atoms with Crippen molar-refractivity contribution in [1.82, 2.24) is 24.7 Å². The molecule has 3 amide bonds. The number of amides is 3. The van der Waals surface area contributed by atoms with E-state index in [1.165, 1.54) is 11.5 Å². The van der Waals surface area contributed by atoms with Gasteiger partial charge in [-0.2, -0.15) is 0 Å². The highest BCUT2D eigenvalue weighted by Gasteiger charge is 2.50. The molecule has 0 aromatic carbocycles. The van der Waals surface area contributed by atoms with E-state index < -0.39 is 0 Å². The summed E-state index contributed by atoms with van der Waals surface area (Å²) in [5, 5.41) is 8.53. The first-order valence-electron chi connectivity index (χ1n) is 7.03. The predicted octanol–water partition coefficient (Wildman–Crippen LogP) is 0.804. The molecule has 0 radical (unpaired) electrons. The van der Waals surface area contributed by atoms with Crippen LogP contribution in [0.4, 0.5) is 4.79 Å². The summed E-state index contributed by atoms with van der Waals surface area (Å²) in [5.74, 6) is -0.0265. The van der Waals surface area contributed by atoms with Crippen LogP contribution in [0.3, 0.4) is 0 Å². The average molecular weight is 309 g/mol. The lowest BCUT2D eigenvalue weighted by Gasteiger charge is -2.45. The Hall–Kier alpha value is -1.70. The van der Waals surface area contributed by atoms with Gasteiger partial charge in [0.15, 0.2) is 5.69 Å². The van der Waals surface area contributed by atoms with E-state index in [1.807, 2.05) is 4.90 Å². The summed E-state index contributed by atoms with van der Waals surface area (Å²) in [6.45, 7) is 1.53. The Labute approximate surface area is 127 Å². The lowest BCUT2D eigenvalue weighted by Crippen LogP contribution is -2.54. The quantitative estimate of drug-likeness (QED) is 0.876. The Morgan fingerprint density at radius 3 is 2.86 bits per heavy atom. The lowest BCUT2D eigenvalue weighted by molar-refractivity contribution is 0.0660. The Bertz CT molecular complexity index is 539. The minimum Gasteiger partial charge on any atom is -0.337 e. The molecular formula is C13H19N5O2S. The smallest absolute Gasteiger partial charge is 0.317 e. The molecule has 1 aromatic heterocycles. The van der Waals surface area contributed by atoms with Crippen molar-refractivity contribution in [3.05, 3.63) is 11.1 Å². The zero-order valence-corrected chi connectivity index (χ0v) is 13.0. The number of hydrogen-bond acceptors (Lipinski definition) is 5. The van der Waals surface area contributed by atoms with Gasteiger partial charge in [0.1, 0.15) is 0 Å². The molecule has 1 aromatic rings. The summed E-state index contributed by atoms with van der Waals surface area (Å²) in [6, 6.07) is 0.185. The molecule has 2 aliphatic rings. The van der Waals surface area contributed by atoms with Gasteiger partial charge in [0.2, 0.25) is 0 Å². The van der Waals surface area contributed by atoms with Crippen molar-refractivity contribution in [1.29, 1.82) is 0 Å². The third kappa shape index (κ3) is 2.72. The summed E-state index contributed by atoms with van der Waals surface area (Å²) in [4.78, 5) is 27.3. The lowest BCUT2D eigenvalue weighted by atomic mass is 9.65. The molecule has 1 aliphatic carbocycles. The third-order valence-corrected chi connectivity index (χ3v) is 4.90. The molecule has 3 rings (SSSR count). The Morgan fingerprint density at radius 1 is 1.48 bits per heavy atom. The molecule has 114 valence electrons. The maximum Gasteiger partial charge on any atom is 0.317 e. The van der Waals surface area contributed by atoms with Crippen LogP contribution in [0.25, 0.3) is 0 Å². The van der Waals surface area contributed by atoms with Gasteiger partial charge in [0.25, 0.3) is 5.91 Å². The van der Waals surface area contributed by atoms with E-state index in [2.05, 4.69) is 14.9 Å². The zero-order chi connectivity index (χ0) is 15.0. The molecule has 1 saturated carbocycles. The second-order valence-corrected chi connectivity index (χ2v) is 6.83. The molecule has 1 spiro atoms. The van der Waals surface area contributed by atoms with Crippen LogP contribution < -0.4 is 5.32 Å². The van der Waals surface area contributed by atoms with Crippen molar-refractivity contribution in [2.45, 2.75) is 25.3 Å². The van der Waals surface area contributed by atoms with Crippen LogP contribution in [-0.2, 0) is 0 Å².